The van der Waals surface area contributed by atoms with Crippen molar-refractivity contribution in [2.24, 2.45) is 29.1 Å². The fourth-order valence-electron chi connectivity index (χ4n) is 6.99. The molecule has 1 heterocycles. The maximum atomic E-state index is 12.8. The Kier molecular flexibility index (Phi) is 3.95. The molecule has 0 aromatic heterocycles. The van der Waals surface area contributed by atoms with Crippen molar-refractivity contribution in [3.8, 4) is 0 Å². The first-order chi connectivity index (χ1) is 12.6. The topological polar surface area (TPSA) is 37.4 Å². The second kappa shape index (κ2) is 6.21. The lowest BCUT2D eigenvalue weighted by Gasteiger charge is -2.57. The first-order valence-corrected chi connectivity index (χ1v) is 10.5. The molecule has 6 rings (SSSR count). The molecule has 1 aromatic carbocycles. The number of rotatable bonds is 5. The van der Waals surface area contributed by atoms with Gasteiger partial charge < -0.3 is 0 Å². The van der Waals surface area contributed by atoms with Gasteiger partial charge in [0.25, 0.3) is 0 Å². The molecule has 4 bridgehead atoms. The van der Waals surface area contributed by atoms with E-state index in [-0.39, 0.29) is 17.7 Å². The van der Waals surface area contributed by atoms with Crippen LogP contribution in [0.4, 0.5) is 0 Å². The second-order valence-corrected chi connectivity index (χ2v) is 9.64. The average Bonchev–Trinajstić information content (AvgIpc) is 2.86. The number of carbonyl (C=O) groups excluding carboxylic acids is 2. The molecule has 1 aliphatic heterocycles. The summed E-state index contributed by atoms with van der Waals surface area (Å²) in [6.45, 7) is 0.662. The van der Waals surface area contributed by atoms with E-state index in [0.29, 0.717) is 24.8 Å². The normalized spacial score (nSPS) is 38.4. The highest BCUT2D eigenvalue weighted by atomic mass is 16.2. The van der Waals surface area contributed by atoms with Crippen LogP contribution in [0, 0.1) is 29.1 Å². The van der Waals surface area contributed by atoms with Gasteiger partial charge in [0.05, 0.1) is 5.92 Å². The van der Waals surface area contributed by atoms with Crippen LogP contribution in [-0.4, -0.2) is 23.3 Å². The van der Waals surface area contributed by atoms with Gasteiger partial charge in [-0.2, -0.15) is 0 Å². The molecule has 5 aliphatic rings. The molecule has 1 atom stereocenters. The molecule has 0 N–H and O–H groups in total. The Hall–Kier alpha value is -1.64. The van der Waals surface area contributed by atoms with Gasteiger partial charge in [-0.1, -0.05) is 30.3 Å². The van der Waals surface area contributed by atoms with Crippen molar-refractivity contribution in [1.29, 1.82) is 0 Å². The van der Waals surface area contributed by atoms with E-state index in [1.165, 1.54) is 38.5 Å². The van der Waals surface area contributed by atoms with E-state index >= 15 is 0 Å². The highest BCUT2D eigenvalue weighted by molar-refractivity contribution is 6.03. The quantitative estimate of drug-likeness (QED) is 0.745. The number of carbonyl (C=O) groups is 2. The monoisotopic (exact) mass is 351 g/mol. The number of hydrogen-bond donors (Lipinski definition) is 0. The zero-order valence-corrected chi connectivity index (χ0v) is 15.5. The maximum Gasteiger partial charge on any atom is 0.233 e. The van der Waals surface area contributed by atoms with Crippen LogP contribution in [0.25, 0.3) is 0 Å². The third kappa shape index (κ3) is 2.90. The van der Waals surface area contributed by atoms with Crippen molar-refractivity contribution in [2.45, 2.75) is 57.8 Å². The van der Waals surface area contributed by atoms with Gasteiger partial charge in [-0.25, -0.2) is 0 Å². The standard InChI is InChI=1S/C23H29NO2/c25-21-12-20(11-16-4-2-1-3-5-16)22(26)24(21)7-6-23-13-17-8-18(14-23)10-19(9-17)15-23/h1-5,17-20H,6-15H2. The summed E-state index contributed by atoms with van der Waals surface area (Å²) in [5.41, 5.74) is 1.59. The van der Waals surface area contributed by atoms with Crippen LogP contribution < -0.4 is 0 Å². The van der Waals surface area contributed by atoms with Crippen LogP contribution in [0.15, 0.2) is 30.3 Å². The average molecular weight is 351 g/mol. The number of imide groups is 1. The summed E-state index contributed by atoms with van der Waals surface area (Å²) in [7, 11) is 0. The number of benzene rings is 1. The molecule has 4 aliphatic carbocycles. The minimum atomic E-state index is -0.152. The van der Waals surface area contributed by atoms with Crippen molar-refractivity contribution >= 4 is 11.8 Å². The summed E-state index contributed by atoms with van der Waals surface area (Å²) in [4.78, 5) is 27.0. The first kappa shape index (κ1) is 16.5. The highest BCUT2D eigenvalue weighted by Crippen LogP contribution is 2.61. The van der Waals surface area contributed by atoms with E-state index in [9.17, 15) is 9.59 Å². The van der Waals surface area contributed by atoms with Gasteiger partial charge >= 0.3 is 0 Å². The number of nitrogens with zero attached hydrogens (tertiary/aromatic N) is 1. The maximum absolute atomic E-state index is 12.8. The van der Waals surface area contributed by atoms with Gasteiger partial charge in [-0.3, -0.25) is 14.5 Å². The van der Waals surface area contributed by atoms with Crippen LogP contribution in [0.1, 0.15) is 56.9 Å². The molecular formula is C23H29NO2. The van der Waals surface area contributed by atoms with Gasteiger partial charge in [0.15, 0.2) is 0 Å². The van der Waals surface area contributed by atoms with E-state index < -0.39 is 0 Å². The summed E-state index contributed by atoms with van der Waals surface area (Å²) >= 11 is 0. The molecule has 3 nitrogen and oxygen atoms in total. The lowest BCUT2D eigenvalue weighted by atomic mass is 9.49. The molecule has 1 aromatic rings. The van der Waals surface area contributed by atoms with Gasteiger partial charge in [-0.05, 0) is 80.1 Å². The van der Waals surface area contributed by atoms with Crippen molar-refractivity contribution < 1.29 is 9.59 Å². The number of likely N-dealkylation sites (tertiary alicyclic amines) is 1. The summed E-state index contributed by atoms with van der Waals surface area (Å²) in [5.74, 6) is 2.76. The fourth-order valence-corrected chi connectivity index (χ4v) is 6.99. The number of hydrogen-bond acceptors (Lipinski definition) is 2. The Morgan fingerprint density at radius 3 is 2.15 bits per heavy atom. The van der Waals surface area contributed by atoms with Crippen molar-refractivity contribution in [3.05, 3.63) is 35.9 Å². The third-order valence-electron chi connectivity index (χ3n) is 7.69. The second-order valence-electron chi connectivity index (χ2n) is 9.64. The van der Waals surface area contributed by atoms with Gasteiger partial charge in [0.2, 0.25) is 11.8 Å². The molecule has 0 spiro atoms. The van der Waals surface area contributed by atoms with E-state index in [2.05, 4.69) is 12.1 Å². The predicted molar refractivity (Wildman–Crippen MR) is 100 cm³/mol. The minimum Gasteiger partial charge on any atom is -0.282 e. The van der Waals surface area contributed by atoms with E-state index in [1.54, 1.807) is 4.90 Å². The summed E-state index contributed by atoms with van der Waals surface area (Å²) < 4.78 is 0. The predicted octanol–water partition coefficient (Wildman–Crippen LogP) is 4.21. The van der Waals surface area contributed by atoms with Crippen LogP contribution in [0.3, 0.4) is 0 Å². The summed E-state index contributed by atoms with van der Waals surface area (Å²) in [6, 6.07) is 10.1. The molecule has 4 saturated carbocycles. The molecular weight excluding hydrogens is 322 g/mol. The van der Waals surface area contributed by atoms with E-state index in [1.807, 2.05) is 18.2 Å². The Labute approximate surface area is 156 Å². The van der Waals surface area contributed by atoms with Gasteiger partial charge in [0, 0.05) is 13.0 Å². The summed E-state index contributed by atoms with van der Waals surface area (Å²) in [6.07, 6.45) is 10.5. The first-order valence-electron chi connectivity index (χ1n) is 10.5. The Morgan fingerprint density at radius 2 is 1.54 bits per heavy atom. The lowest BCUT2D eigenvalue weighted by Crippen LogP contribution is -2.47. The Morgan fingerprint density at radius 1 is 0.923 bits per heavy atom. The van der Waals surface area contributed by atoms with Crippen LogP contribution in [0.2, 0.25) is 0 Å². The van der Waals surface area contributed by atoms with E-state index in [4.69, 9.17) is 0 Å². The molecule has 3 heteroatoms. The fraction of sp³-hybridized carbons (Fsp3) is 0.652. The number of amides is 2. The molecule has 1 unspecified atom stereocenters. The van der Waals surface area contributed by atoms with Crippen LogP contribution in [-0.2, 0) is 16.0 Å². The molecule has 26 heavy (non-hydrogen) atoms. The van der Waals surface area contributed by atoms with Crippen LogP contribution in [0.5, 0.6) is 0 Å². The smallest absolute Gasteiger partial charge is 0.233 e. The summed E-state index contributed by atoms with van der Waals surface area (Å²) in [5, 5.41) is 0. The van der Waals surface area contributed by atoms with Crippen LogP contribution >= 0.6 is 0 Å². The lowest BCUT2D eigenvalue weighted by molar-refractivity contribution is -0.140. The zero-order chi connectivity index (χ0) is 17.7. The SMILES string of the molecule is O=C1CC(Cc2ccccc2)C(=O)N1CCC12CC3CC(CC(C3)C1)C2. The molecule has 1 saturated heterocycles. The van der Waals surface area contributed by atoms with Crippen molar-refractivity contribution in [1.82, 2.24) is 4.90 Å². The zero-order valence-electron chi connectivity index (χ0n) is 15.5. The molecule has 2 amide bonds. The molecule has 138 valence electrons. The Bertz CT molecular complexity index is 675. The van der Waals surface area contributed by atoms with Crippen molar-refractivity contribution in [3.63, 3.8) is 0 Å². The molecule has 0 radical (unpaired) electrons. The Balaban J connectivity index is 1.23. The van der Waals surface area contributed by atoms with Gasteiger partial charge in [0.1, 0.15) is 0 Å². The van der Waals surface area contributed by atoms with Crippen molar-refractivity contribution in [2.75, 3.05) is 6.54 Å². The molecule has 5 fully saturated rings. The van der Waals surface area contributed by atoms with Gasteiger partial charge in [-0.15, -0.1) is 0 Å². The third-order valence-corrected chi connectivity index (χ3v) is 7.69. The minimum absolute atomic E-state index is 0.0562. The largest absolute Gasteiger partial charge is 0.282 e. The van der Waals surface area contributed by atoms with E-state index in [0.717, 1.165) is 29.7 Å². The highest BCUT2D eigenvalue weighted by Gasteiger charge is 2.51.